The number of fused-ring (bicyclic) bond motifs is 1. The molecule has 3 aromatic rings. The van der Waals surface area contributed by atoms with Crippen LogP contribution >= 0.6 is 11.8 Å². The van der Waals surface area contributed by atoms with Gasteiger partial charge in [-0.2, -0.15) is 0 Å². The number of aromatic nitrogens is 4. The van der Waals surface area contributed by atoms with Crippen molar-refractivity contribution in [1.82, 2.24) is 19.3 Å². The minimum Gasteiger partial charge on any atom is -0.454 e. The molecule has 156 valence electrons. The zero-order valence-electron chi connectivity index (χ0n) is 16.2. The molecule has 1 unspecified atom stereocenters. The molecular weight excluding hydrogens is 414 g/mol. The van der Waals surface area contributed by atoms with Gasteiger partial charge in [0.1, 0.15) is 11.4 Å². The zero-order valence-corrected chi connectivity index (χ0v) is 17.1. The first-order chi connectivity index (χ1) is 14.3. The highest BCUT2D eigenvalue weighted by Gasteiger charge is 2.27. The Hall–Kier alpha value is -3.54. The Morgan fingerprint density at radius 1 is 1.17 bits per heavy atom. The molecule has 0 radical (unpaired) electrons. The van der Waals surface area contributed by atoms with Gasteiger partial charge in [0.05, 0.1) is 5.25 Å². The van der Waals surface area contributed by atoms with Gasteiger partial charge in [-0.25, -0.2) is 4.79 Å². The van der Waals surface area contributed by atoms with Gasteiger partial charge in [0.25, 0.3) is 10.8 Å². The Morgan fingerprint density at radius 3 is 2.67 bits per heavy atom. The largest absolute Gasteiger partial charge is 0.454 e. The summed E-state index contributed by atoms with van der Waals surface area (Å²) < 4.78 is 18.1. The quantitative estimate of drug-likeness (QED) is 0.455. The number of anilines is 1. The summed E-state index contributed by atoms with van der Waals surface area (Å²) in [5, 5.41) is 7.32. The molecule has 2 aromatic heterocycles. The highest BCUT2D eigenvalue weighted by atomic mass is 32.2. The van der Waals surface area contributed by atoms with Crippen molar-refractivity contribution in [2.75, 3.05) is 12.5 Å². The fourth-order valence-corrected chi connectivity index (χ4v) is 3.65. The first-order valence-corrected chi connectivity index (χ1v) is 9.65. The Bertz CT molecular complexity index is 1280. The van der Waals surface area contributed by atoms with Gasteiger partial charge in [-0.3, -0.25) is 18.7 Å². The van der Waals surface area contributed by atoms with Crippen molar-refractivity contribution in [2.45, 2.75) is 17.4 Å². The third kappa shape index (κ3) is 3.24. The van der Waals surface area contributed by atoms with Crippen LogP contribution in [0.25, 0.3) is 11.5 Å². The first-order valence-electron chi connectivity index (χ1n) is 8.77. The van der Waals surface area contributed by atoms with Crippen LogP contribution in [0.1, 0.15) is 17.3 Å². The van der Waals surface area contributed by atoms with Crippen LogP contribution in [-0.4, -0.2) is 37.2 Å². The topological polar surface area (TPSA) is 144 Å². The molecule has 30 heavy (non-hydrogen) atoms. The van der Waals surface area contributed by atoms with Crippen LogP contribution in [0.5, 0.6) is 11.5 Å². The molecule has 12 heteroatoms. The lowest BCUT2D eigenvalue weighted by molar-refractivity contribution is 0.0991. The molecule has 1 aliphatic heterocycles. The Morgan fingerprint density at radius 2 is 1.90 bits per heavy atom. The van der Waals surface area contributed by atoms with Crippen LogP contribution in [0.15, 0.2) is 37.4 Å². The smallest absolute Gasteiger partial charge is 0.332 e. The first kappa shape index (κ1) is 19.8. The molecule has 3 heterocycles. The van der Waals surface area contributed by atoms with E-state index < -0.39 is 22.3 Å². The van der Waals surface area contributed by atoms with Crippen LogP contribution < -0.4 is 26.5 Å². The van der Waals surface area contributed by atoms with E-state index in [0.717, 1.165) is 20.9 Å². The number of carbonyl (C=O) groups is 1. The van der Waals surface area contributed by atoms with E-state index >= 15 is 0 Å². The lowest BCUT2D eigenvalue weighted by Gasteiger charge is -2.13. The number of nitrogens with two attached hydrogens (primary N) is 1. The molecule has 0 bridgehead atoms. The maximum Gasteiger partial charge on any atom is 0.332 e. The summed E-state index contributed by atoms with van der Waals surface area (Å²) >= 11 is 0.984. The van der Waals surface area contributed by atoms with E-state index in [1.54, 1.807) is 25.1 Å². The fourth-order valence-electron chi connectivity index (χ4n) is 2.90. The van der Waals surface area contributed by atoms with Crippen molar-refractivity contribution in [2.24, 2.45) is 14.1 Å². The Balaban J connectivity index is 1.57. The summed E-state index contributed by atoms with van der Waals surface area (Å²) in [5.41, 5.74) is 4.87. The highest BCUT2D eigenvalue weighted by molar-refractivity contribution is 8.00. The maximum absolute atomic E-state index is 12.9. The molecule has 0 spiro atoms. The van der Waals surface area contributed by atoms with Crippen LogP contribution in [0, 0.1) is 0 Å². The van der Waals surface area contributed by atoms with E-state index in [9.17, 15) is 14.4 Å². The van der Waals surface area contributed by atoms with E-state index in [2.05, 4.69) is 10.2 Å². The van der Waals surface area contributed by atoms with Gasteiger partial charge in [0, 0.05) is 19.7 Å². The molecular formula is C18H17N5O6S. The van der Waals surface area contributed by atoms with Gasteiger partial charge in [-0.15, -0.1) is 10.2 Å². The van der Waals surface area contributed by atoms with Gasteiger partial charge >= 0.3 is 5.69 Å². The Labute approximate surface area is 173 Å². The number of rotatable bonds is 5. The molecule has 1 atom stereocenters. The minimum atomic E-state index is -0.762. The second-order valence-electron chi connectivity index (χ2n) is 6.53. The van der Waals surface area contributed by atoms with Gasteiger partial charge in [-0.1, -0.05) is 11.8 Å². The number of hydrogen-bond donors (Lipinski definition) is 1. The molecule has 4 rings (SSSR count). The molecule has 0 aliphatic carbocycles. The van der Waals surface area contributed by atoms with Gasteiger partial charge < -0.3 is 19.6 Å². The second-order valence-corrected chi connectivity index (χ2v) is 7.82. The van der Waals surface area contributed by atoms with Crippen LogP contribution in [-0.2, 0) is 14.1 Å². The van der Waals surface area contributed by atoms with E-state index in [1.807, 2.05) is 0 Å². The average molecular weight is 431 g/mol. The van der Waals surface area contributed by atoms with E-state index in [1.165, 1.54) is 14.1 Å². The summed E-state index contributed by atoms with van der Waals surface area (Å²) in [5.74, 6) is 0.713. The summed E-state index contributed by atoms with van der Waals surface area (Å²) in [6.07, 6.45) is 0. The fraction of sp³-hybridized carbons (Fsp3) is 0.278. The number of ketones is 1. The van der Waals surface area contributed by atoms with Crippen molar-refractivity contribution in [1.29, 1.82) is 0 Å². The number of benzene rings is 1. The standard InChI is InChI=1S/C18H17N5O6S/c1-8(13(24)12-14(19)22(2)18(26)23(3)16(12)25)30-17-21-20-15(29-17)9-4-5-10-11(6-9)28-7-27-10/h4-6,8H,7,19H2,1-3H3. The molecule has 0 saturated carbocycles. The lowest BCUT2D eigenvalue weighted by atomic mass is 10.1. The highest BCUT2D eigenvalue weighted by Crippen LogP contribution is 2.36. The van der Waals surface area contributed by atoms with Crippen molar-refractivity contribution < 1.29 is 18.7 Å². The van der Waals surface area contributed by atoms with Crippen LogP contribution in [0.4, 0.5) is 5.82 Å². The minimum absolute atomic E-state index is 0.142. The second kappa shape index (κ2) is 7.37. The van der Waals surface area contributed by atoms with Crippen molar-refractivity contribution in [3.8, 4) is 23.0 Å². The van der Waals surface area contributed by atoms with E-state index in [-0.39, 0.29) is 29.3 Å². The maximum atomic E-state index is 12.9. The number of ether oxygens (including phenoxy) is 2. The number of thioether (sulfide) groups is 1. The molecule has 11 nitrogen and oxygen atoms in total. The molecule has 2 N–H and O–H groups in total. The molecule has 0 amide bonds. The van der Waals surface area contributed by atoms with Crippen molar-refractivity contribution in [3.05, 3.63) is 44.6 Å². The Kier molecular flexibility index (Phi) is 4.86. The summed E-state index contributed by atoms with van der Waals surface area (Å²) in [4.78, 5) is 37.2. The monoisotopic (exact) mass is 431 g/mol. The molecule has 1 aromatic carbocycles. The van der Waals surface area contributed by atoms with Gasteiger partial charge in [-0.05, 0) is 25.1 Å². The van der Waals surface area contributed by atoms with E-state index in [0.29, 0.717) is 17.1 Å². The number of carbonyl (C=O) groups excluding carboxylic acids is 1. The molecule has 0 saturated heterocycles. The van der Waals surface area contributed by atoms with Gasteiger partial charge in [0.15, 0.2) is 17.3 Å². The lowest BCUT2D eigenvalue weighted by Crippen LogP contribution is -2.42. The van der Waals surface area contributed by atoms with Crippen LogP contribution in [0.2, 0.25) is 0 Å². The van der Waals surface area contributed by atoms with Gasteiger partial charge in [0.2, 0.25) is 12.7 Å². The SMILES string of the molecule is CC(Sc1nnc(-c2ccc3c(c2)OCO3)o1)C(=O)c1c(N)n(C)c(=O)n(C)c1=O. The average Bonchev–Trinajstić information content (AvgIpc) is 3.39. The van der Waals surface area contributed by atoms with Crippen molar-refractivity contribution in [3.63, 3.8) is 0 Å². The molecule has 0 fully saturated rings. The third-order valence-electron chi connectivity index (χ3n) is 4.63. The third-order valence-corrected chi connectivity index (χ3v) is 5.56. The number of nitrogen functional groups attached to an aromatic ring is 1. The van der Waals surface area contributed by atoms with E-state index in [4.69, 9.17) is 19.6 Å². The van der Waals surface area contributed by atoms with Crippen LogP contribution in [0.3, 0.4) is 0 Å². The normalized spacial score (nSPS) is 13.4. The predicted molar refractivity (Wildman–Crippen MR) is 107 cm³/mol. The predicted octanol–water partition coefficient (Wildman–Crippen LogP) is 0.808. The number of nitrogens with zero attached hydrogens (tertiary/aromatic N) is 4. The summed E-state index contributed by atoms with van der Waals surface area (Å²) in [6.45, 7) is 1.73. The number of hydrogen-bond acceptors (Lipinski definition) is 10. The van der Waals surface area contributed by atoms with Crippen molar-refractivity contribution >= 4 is 23.4 Å². The zero-order chi connectivity index (χ0) is 21.6. The summed E-state index contributed by atoms with van der Waals surface area (Å²) in [6, 6.07) is 5.20. The molecule has 1 aliphatic rings. The number of Topliss-reactive ketones (excluding diaryl/α,β-unsaturated/α-hetero) is 1. The summed E-state index contributed by atoms with van der Waals surface area (Å²) in [7, 11) is 2.68.